The normalized spacial score (nSPS) is 11.6. The number of nitrogens with one attached hydrogen (secondary N) is 1. The molecule has 2 aromatic carbocycles. The van der Waals surface area contributed by atoms with Gasteiger partial charge >= 0.3 is 12.6 Å². The van der Waals surface area contributed by atoms with Crippen molar-refractivity contribution in [2.75, 3.05) is 19.5 Å². The fourth-order valence-corrected chi connectivity index (χ4v) is 2.83. The minimum atomic E-state index is -3.02. The Morgan fingerprint density at radius 1 is 1.03 bits per heavy atom. The van der Waals surface area contributed by atoms with Crippen LogP contribution in [0.4, 0.5) is 14.5 Å². The van der Waals surface area contributed by atoms with Gasteiger partial charge in [0, 0.05) is 12.1 Å². The summed E-state index contributed by atoms with van der Waals surface area (Å²) in [6.07, 6.45) is -0.637. The summed E-state index contributed by atoms with van der Waals surface area (Å²) in [5, 5.41) is 2.40. The largest absolute Gasteiger partial charge is 0.493 e. The number of amides is 1. The molecule has 0 aliphatic rings. The van der Waals surface area contributed by atoms with Crippen molar-refractivity contribution in [3.63, 3.8) is 0 Å². The third-order valence-corrected chi connectivity index (χ3v) is 4.45. The van der Waals surface area contributed by atoms with E-state index in [0.29, 0.717) is 17.9 Å². The summed E-state index contributed by atoms with van der Waals surface area (Å²) in [7, 11) is 3.05. The van der Waals surface area contributed by atoms with E-state index in [1.165, 1.54) is 39.3 Å². The van der Waals surface area contributed by atoms with Gasteiger partial charge in [0.25, 0.3) is 5.91 Å². The Bertz CT molecular complexity index is 925. The number of rotatable bonds is 10. The number of aryl methyl sites for hydroxylation is 1. The highest BCUT2D eigenvalue weighted by atomic mass is 35.5. The highest BCUT2D eigenvalue weighted by molar-refractivity contribution is 6.32. The van der Waals surface area contributed by atoms with Crippen molar-refractivity contribution >= 4 is 29.2 Å². The first-order valence-corrected chi connectivity index (χ1v) is 9.57. The van der Waals surface area contributed by atoms with Gasteiger partial charge in [-0.25, -0.2) is 0 Å². The van der Waals surface area contributed by atoms with Crippen LogP contribution >= 0.6 is 11.6 Å². The number of alkyl halides is 2. The molecule has 1 N–H and O–H groups in total. The second kappa shape index (κ2) is 11.4. The molecule has 0 radical (unpaired) electrons. The van der Waals surface area contributed by atoms with Crippen molar-refractivity contribution in [2.24, 2.45) is 0 Å². The lowest BCUT2D eigenvalue weighted by molar-refractivity contribution is -0.153. The van der Waals surface area contributed by atoms with Crippen LogP contribution in [-0.4, -0.2) is 38.8 Å². The highest BCUT2D eigenvalue weighted by Gasteiger charge is 2.19. The molecule has 0 fully saturated rings. The molecule has 0 aromatic heterocycles. The third-order valence-electron chi connectivity index (χ3n) is 4.16. The van der Waals surface area contributed by atoms with Crippen LogP contribution in [0.3, 0.4) is 0 Å². The van der Waals surface area contributed by atoms with Crippen LogP contribution in [0.2, 0.25) is 5.02 Å². The number of anilines is 1. The molecular formula is C21H22ClF2NO6. The highest BCUT2D eigenvalue weighted by Crippen LogP contribution is 2.29. The summed E-state index contributed by atoms with van der Waals surface area (Å²) >= 11 is 5.85. The van der Waals surface area contributed by atoms with Crippen molar-refractivity contribution in [2.45, 2.75) is 32.5 Å². The van der Waals surface area contributed by atoms with Crippen molar-refractivity contribution < 1.29 is 37.3 Å². The van der Waals surface area contributed by atoms with Crippen molar-refractivity contribution in [3.05, 3.63) is 47.0 Å². The van der Waals surface area contributed by atoms with E-state index in [-0.39, 0.29) is 22.9 Å². The molecule has 7 nitrogen and oxygen atoms in total. The Hall–Kier alpha value is -3.07. The fraction of sp³-hybridized carbons (Fsp3) is 0.333. The van der Waals surface area contributed by atoms with E-state index in [1.54, 1.807) is 18.2 Å². The molecular weight excluding hydrogens is 436 g/mol. The van der Waals surface area contributed by atoms with E-state index in [0.717, 1.165) is 5.56 Å². The topological polar surface area (TPSA) is 83.1 Å². The van der Waals surface area contributed by atoms with Crippen LogP contribution in [0.15, 0.2) is 36.4 Å². The molecule has 0 saturated heterocycles. The van der Waals surface area contributed by atoms with Gasteiger partial charge < -0.3 is 24.3 Å². The lowest BCUT2D eigenvalue weighted by atomic mass is 10.1. The molecule has 0 heterocycles. The molecule has 1 amide bonds. The smallest absolute Gasteiger partial charge is 0.387 e. The minimum absolute atomic E-state index is 0.0542. The Morgan fingerprint density at radius 2 is 1.71 bits per heavy atom. The maximum Gasteiger partial charge on any atom is 0.387 e. The molecule has 1 unspecified atom stereocenters. The summed E-state index contributed by atoms with van der Waals surface area (Å²) < 4.78 is 44.3. The van der Waals surface area contributed by atoms with Gasteiger partial charge in [0.2, 0.25) is 0 Å². The summed E-state index contributed by atoms with van der Waals surface area (Å²) in [6.45, 7) is -1.60. The van der Waals surface area contributed by atoms with Crippen LogP contribution in [0.25, 0.3) is 0 Å². The molecule has 168 valence electrons. The minimum Gasteiger partial charge on any atom is -0.493 e. The number of benzene rings is 2. The standard InChI is InChI=1S/C21H22ClF2NO6/c1-12(20(27)25-14-6-8-16(15(22)11-14)31-21(23)24)30-19(26)9-5-13-4-7-17(28-2)18(10-13)29-3/h4,6-8,10-12,21H,5,9H2,1-3H3,(H,25,27). The second-order valence-electron chi connectivity index (χ2n) is 6.33. The average molecular weight is 458 g/mol. The molecule has 0 saturated carbocycles. The predicted octanol–water partition coefficient (Wildman–Crippen LogP) is 4.46. The maximum absolute atomic E-state index is 12.3. The van der Waals surface area contributed by atoms with E-state index in [1.807, 2.05) is 0 Å². The summed E-state index contributed by atoms with van der Waals surface area (Å²) in [5.74, 6) is -0.253. The first-order valence-electron chi connectivity index (χ1n) is 9.19. The summed E-state index contributed by atoms with van der Waals surface area (Å²) in [5.41, 5.74) is 1.08. The first kappa shape index (κ1) is 24.2. The zero-order chi connectivity index (χ0) is 23.0. The van der Waals surface area contributed by atoms with Gasteiger partial charge in [-0.05, 0) is 49.2 Å². The molecule has 0 bridgehead atoms. The van der Waals surface area contributed by atoms with Crippen LogP contribution in [0.5, 0.6) is 17.2 Å². The van der Waals surface area contributed by atoms with Crippen molar-refractivity contribution in [3.8, 4) is 17.2 Å². The molecule has 10 heteroatoms. The zero-order valence-electron chi connectivity index (χ0n) is 17.1. The SMILES string of the molecule is COc1ccc(CCC(=O)OC(C)C(=O)Nc2ccc(OC(F)F)c(Cl)c2)cc1OC. The first-order chi connectivity index (χ1) is 14.7. The Kier molecular flexibility index (Phi) is 8.87. The quantitative estimate of drug-likeness (QED) is 0.530. The van der Waals surface area contributed by atoms with Gasteiger partial charge in [0.05, 0.1) is 19.2 Å². The van der Waals surface area contributed by atoms with Gasteiger partial charge in [-0.3, -0.25) is 9.59 Å². The average Bonchev–Trinajstić information content (AvgIpc) is 2.73. The second-order valence-corrected chi connectivity index (χ2v) is 6.74. The molecule has 0 spiro atoms. The molecule has 0 aliphatic heterocycles. The summed E-state index contributed by atoms with van der Waals surface area (Å²) in [4.78, 5) is 24.3. The Balaban J connectivity index is 1.87. The van der Waals surface area contributed by atoms with Crippen molar-refractivity contribution in [1.29, 1.82) is 0 Å². The summed E-state index contributed by atoms with van der Waals surface area (Å²) in [6, 6.07) is 9.08. The third kappa shape index (κ3) is 7.29. The number of halogens is 3. The van der Waals surface area contributed by atoms with Gasteiger partial charge in [-0.1, -0.05) is 17.7 Å². The lowest BCUT2D eigenvalue weighted by Gasteiger charge is -2.15. The van der Waals surface area contributed by atoms with Crippen LogP contribution in [0.1, 0.15) is 18.9 Å². The molecule has 0 aliphatic carbocycles. The molecule has 31 heavy (non-hydrogen) atoms. The molecule has 1 atom stereocenters. The predicted molar refractivity (Wildman–Crippen MR) is 110 cm³/mol. The van der Waals surface area contributed by atoms with E-state index < -0.39 is 24.6 Å². The fourth-order valence-electron chi connectivity index (χ4n) is 2.61. The maximum atomic E-state index is 12.3. The van der Waals surface area contributed by atoms with Gasteiger partial charge in [-0.2, -0.15) is 8.78 Å². The van der Waals surface area contributed by atoms with Gasteiger partial charge in [0.15, 0.2) is 17.6 Å². The molecule has 2 aromatic rings. The van der Waals surface area contributed by atoms with E-state index in [2.05, 4.69) is 10.1 Å². The Morgan fingerprint density at radius 3 is 2.32 bits per heavy atom. The monoisotopic (exact) mass is 457 g/mol. The Labute approximate surface area is 183 Å². The number of carbonyl (C=O) groups is 2. The number of esters is 1. The van der Waals surface area contributed by atoms with E-state index >= 15 is 0 Å². The number of ether oxygens (including phenoxy) is 4. The van der Waals surface area contributed by atoms with Crippen molar-refractivity contribution in [1.82, 2.24) is 0 Å². The zero-order valence-corrected chi connectivity index (χ0v) is 17.9. The number of hydrogen-bond donors (Lipinski definition) is 1. The van der Waals surface area contributed by atoms with Crippen LogP contribution in [-0.2, 0) is 20.7 Å². The van der Waals surface area contributed by atoms with Crippen LogP contribution in [0, 0.1) is 0 Å². The molecule has 2 rings (SSSR count). The van der Waals surface area contributed by atoms with Gasteiger partial charge in [0.1, 0.15) is 5.75 Å². The number of carbonyl (C=O) groups excluding carboxylic acids is 2. The number of methoxy groups -OCH3 is 2. The van der Waals surface area contributed by atoms with Gasteiger partial charge in [-0.15, -0.1) is 0 Å². The lowest BCUT2D eigenvalue weighted by Crippen LogP contribution is -2.30. The van der Waals surface area contributed by atoms with E-state index in [4.69, 9.17) is 25.8 Å². The van der Waals surface area contributed by atoms with Crippen LogP contribution < -0.4 is 19.5 Å². The van der Waals surface area contributed by atoms with E-state index in [9.17, 15) is 18.4 Å². The number of hydrogen-bond acceptors (Lipinski definition) is 6.